The summed E-state index contributed by atoms with van der Waals surface area (Å²) in [5.41, 5.74) is 0.924. The van der Waals surface area contributed by atoms with Crippen molar-refractivity contribution in [2.24, 2.45) is 0 Å². The van der Waals surface area contributed by atoms with Crippen LogP contribution in [-0.4, -0.2) is 30.7 Å². The van der Waals surface area contributed by atoms with E-state index in [9.17, 15) is 13.2 Å². The van der Waals surface area contributed by atoms with Crippen LogP contribution >= 0.6 is 27.5 Å². The van der Waals surface area contributed by atoms with E-state index in [-0.39, 0.29) is 5.92 Å². The number of rotatable bonds is 2. The second-order valence-electron chi connectivity index (χ2n) is 4.17. The highest BCUT2D eigenvalue weighted by atomic mass is 79.9. The average Bonchev–Trinajstić information content (AvgIpc) is 2.10. The van der Waals surface area contributed by atoms with Gasteiger partial charge < -0.3 is 0 Å². The summed E-state index contributed by atoms with van der Waals surface area (Å²) in [5, 5.41) is 0.607. The van der Waals surface area contributed by atoms with Crippen molar-refractivity contribution in [2.45, 2.75) is 12.1 Å². The molecule has 0 saturated carbocycles. The molecule has 1 aliphatic rings. The third-order valence-electron chi connectivity index (χ3n) is 2.76. The molecule has 0 spiro atoms. The summed E-state index contributed by atoms with van der Waals surface area (Å²) >= 11 is 9.34. The fraction of sp³-hybridized carbons (Fsp3) is 0.455. The first kappa shape index (κ1) is 13.2. The van der Waals surface area contributed by atoms with Gasteiger partial charge in [-0.05, 0) is 17.7 Å². The van der Waals surface area contributed by atoms with Gasteiger partial charge >= 0.3 is 6.18 Å². The molecule has 1 aromatic carbocycles. The summed E-state index contributed by atoms with van der Waals surface area (Å²) in [7, 11) is 0. The minimum absolute atomic E-state index is 0.109. The van der Waals surface area contributed by atoms with Crippen LogP contribution in [0.25, 0.3) is 0 Å². The molecule has 2 rings (SSSR count). The molecule has 0 bridgehead atoms. The van der Waals surface area contributed by atoms with Crippen molar-refractivity contribution in [3.63, 3.8) is 0 Å². The molecular formula is C11H10BrClF3N. The van der Waals surface area contributed by atoms with Gasteiger partial charge in [0.1, 0.15) is 0 Å². The molecule has 0 aliphatic carbocycles. The monoisotopic (exact) mass is 327 g/mol. The topological polar surface area (TPSA) is 3.24 Å². The number of benzene rings is 1. The zero-order valence-electron chi connectivity index (χ0n) is 8.77. The Morgan fingerprint density at radius 3 is 2.53 bits per heavy atom. The Hall–Kier alpha value is -0.260. The Labute approximate surface area is 111 Å². The van der Waals surface area contributed by atoms with E-state index >= 15 is 0 Å². The first-order valence-corrected chi connectivity index (χ1v) is 6.26. The van der Waals surface area contributed by atoms with Gasteiger partial charge in [-0.2, -0.15) is 13.2 Å². The lowest BCUT2D eigenvalue weighted by molar-refractivity contribution is -0.154. The number of halogens is 5. The maximum absolute atomic E-state index is 12.1. The fourth-order valence-corrected chi connectivity index (χ4v) is 2.81. The van der Waals surface area contributed by atoms with Crippen LogP contribution in [-0.2, 0) is 0 Å². The van der Waals surface area contributed by atoms with E-state index in [0.717, 1.165) is 10.0 Å². The Balaban J connectivity index is 1.95. The molecule has 0 atom stereocenters. The molecule has 0 amide bonds. The van der Waals surface area contributed by atoms with Gasteiger partial charge in [0.15, 0.2) is 0 Å². The molecule has 94 valence electrons. The molecule has 1 fully saturated rings. The van der Waals surface area contributed by atoms with E-state index in [2.05, 4.69) is 15.9 Å². The number of hydrogen-bond acceptors (Lipinski definition) is 1. The summed E-state index contributed by atoms with van der Waals surface area (Å²) in [6.45, 7) is -0.000623. The maximum atomic E-state index is 12.1. The van der Waals surface area contributed by atoms with E-state index < -0.39 is 12.7 Å². The summed E-state index contributed by atoms with van der Waals surface area (Å²) in [4.78, 5) is 1.38. The van der Waals surface area contributed by atoms with Crippen LogP contribution in [0.3, 0.4) is 0 Å². The van der Waals surface area contributed by atoms with Crippen LogP contribution in [0.1, 0.15) is 11.5 Å². The standard InChI is InChI=1S/C11H10BrClF3N/c12-8-1-2-9(10(13)3-8)7-4-17(5-7)6-11(14,15)16/h1-3,7H,4-6H2. The average molecular weight is 329 g/mol. The van der Waals surface area contributed by atoms with Crippen LogP contribution in [0.4, 0.5) is 13.2 Å². The Bertz CT molecular complexity index is 416. The fourth-order valence-electron chi connectivity index (χ4n) is 1.98. The second kappa shape index (κ2) is 4.78. The normalized spacial score (nSPS) is 18.2. The summed E-state index contributed by atoms with van der Waals surface area (Å²) in [6.07, 6.45) is -4.12. The smallest absolute Gasteiger partial charge is 0.294 e. The predicted octanol–water partition coefficient (Wildman–Crippen LogP) is 4.06. The lowest BCUT2D eigenvalue weighted by Crippen LogP contribution is -2.49. The van der Waals surface area contributed by atoms with Crippen molar-refractivity contribution in [3.8, 4) is 0 Å². The quantitative estimate of drug-likeness (QED) is 0.791. The van der Waals surface area contributed by atoms with Crippen LogP contribution in [0.5, 0.6) is 0 Å². The Morgan fingerprint density at radius 1 is 1.35 bits per heavy atom. The second-order valence-corrected chi connectivity index (χ2v) is 5.49. The first-order valence-electron chi connectivity index (χ1n) is 5.09. The third-order valence-corrected chi connectivity index (χ3v) is 3.58. The van der Waals surface area contributed by atoms with Gasteiger partial charge in [0.25, 0.3) is 0 Å². The van der Waals surface area contributed by atoms with Crippen molar-refractivity contribution in [2.75, 3.05) is 19.6 Å². The van der Waals surface area contributed by atoms with Crippen molar-refractivity contribution < 1.29 is 13.2 Å². The van der Waals surface area contributed by atoms with E-state index in [4.69, 9.17) is 11.6 Å². The molecule has 0 unspecified atom stereocenters. The highest BCUT2D eigenvalue weighted by molar-refractivity contribution is 9.10. The van der Waals surface area contributed by atoms with Gasteiger partial charge in [0.2, 0.25) is 0 Å². The van der Waals surface area contributed by atoms with Gasteiger partial charge in [-0.3, -0.25) is 4.90 Å². The van der Waals surface area contributed by atoms with Gasteiger partial charge in [0.05, 0.1) is 6.54 Å². The van der Waals surface area contributed by atoms with Gasteiger partial charge in [-0.25, -0.2) is 0 Å². The first-order chi connectivity index (χ1) is 7.85. The van der Waals surface area contributed by atoms with E-state index in [1.54, 1.807) is 6.07 Å². The molecule has 1 heterocycles. The van der Waals surface area contributed by atoms with Crippen LogP contribution < -0.4 is 0 Å². The van der Waals surface area contributed by atoms with Crippen molar-refractivity contribution in [1.29, 1.82) is 0 Å². The molecular weight excluding hydrogens is 318 g/mol. The lowest BCUT2D eigenvalue weighted by atomic mass is 9.91. The number of alkyl halides is 3. The largest absolute Gasteiger partial charge is 0.401 e. The predicted molar refractivity (Wildman–Crippen MR) is 64.4 cm³/mol. The van der Waals surface area contributed by atoms with E-state index in [1.165, 1.54) is 4.90 Å². The van der Waals surface area contributed by atoms with Crippen LogP contribution in [0.15, 0.2) is 22.7 Å². The summed E-state index contributed by atoms with van der Waals surface area (Å²) < 4.78 is 37.2. The third kappa shape index (κ3) is 3.36. The minimum atomic E-state index is -4.12. The molecule has 0 aromatic heterocycles. The van der Waals surface area contributed by atoms with Crippen molar-refractivity contribution >= 4 is 27.5 Å². The van der Waals surface area contributed by atoms with Gasteiger partial charge in [-0.1, -0.05) is 33.6 Å². The highest BCUT2D eigenvalue weighted by Gasteiger charge is 2.37. The zero-order valence-corrected chi connectivity index (χ0v) is 11.1. The van der Waals surface area contributed by atoms with Gasteiger partial charge in [0, 0.05) is 28.5 Å². The number of hydrogen-bond donors (Lipinski definition) is 0. The maximum Gasteiger partial charge on any atom is 0.401 e. The minimum Gasteiger partial charge on any atom is -0.294 e. The molecule has 1 aromatic rings. The van der Waals surface area contributed by atoms with E-state index in [0.29, 0.717) is 18.1 Å². The molecule has 0 radical (unpaired) electrons. The SMILES string of the molecule is FC(F)(F)CN1CC(c2ccc(Br)cc2Cl)C1. The molecule has 1 aliphatic heterocycles. The molecule has 6 heteroatoms. The van der Waals surface area contributed by atoms with Gasteiger partial charge in [-0.15, -0.1) is 0 Å². The lowest BCUT2D eigenvalue weighted by Gasteiger charge is -2.40. The Morgan fingerprint density at radius 2 is 2.00 bits per heavy atom. The summed E-state index contributed by atoms with van der Waals surface area (Å²) in [6, 6.07) is 5.49. The van der Waals surface area contributed by atoms with Crippen LogP contribution in [0, 0.1) is 0 Å². The zero-order chi connectivity index (χ0) is 12.6. The summed E-state index contributed by atoms with van der Waals surface area (Å²) in [5.74, 6) is 0.109. The molecule has 1 nitrogen and oxygen atoms in total. The van der Waals surface area contributed by atoms with Crippen molar-refractivity contribution in [1.82, 2.24) is 4.90 Å². The highest BCUT2D eigenvalue weighted by Crippen LogP contribution is 2.34. The van der Waals surface area contributed by atoms with Crippen molar-refractivity contribution in [3.05, 3.63) is 33.3 Å². The Kier molecular flexibility index (Phi) is 3.71. The van der Waals surface area contributed by atoms with E-state index in [1.807, 2.05) is 12.1 Å². The van der Waals surface area contributed by atoms with Crippen LogP contribution in [0.2, 0.25) is 5.02 Å². The molecule has 17 heavy (non-hydrogen) atoms. The molecule has 1 saturated heterocycles. The molecule has 0 N–H and O–H groups in total. The number of likely N-dealkylation sites (tertiary alicyclic amines) is 1. The number of nitrogens with zero attached hydrogens (tertiary/aromatic N) is 1.